The summed E-state index contributed by atoms with van der Waals surface area (Å²) < 4.78 is 40.5. The van der Waals surface area contributed by atoms with Crippen LogP contribution in [0.1, 0.15) is 40.0 Å². The Morgan fingerprint density at radius 3 is 2.45 bits per heavy atom. The second-order valence-corrected chi connectivity index (χ2v) is 12.5. The van der Waals surface area contributed by atoms with Gasteiger partial charge >= 0.3 is 5.97 Å². The molecule has 33 heavy (non-hydrogen) atoms. The third-order valence-electron chi connectivity index (χ3n) is 5.88. The van der Waals surface area contributed by atoms with Crippen molar-refractivity contribution in [1.29, 1.82) is 5.41 Å². The third kappa shape index (κ3) is 6.14. The highest BCUT2D eigenvalue weighted by Gasteiger charge is 2.61. The van der Waals surface area contributed by atoms with Gasteiger partial charge in [0.05, 0.1) is 42.5 Å². The summed E-state index contributed by atoms with van der Waals surface area (Å²) in [5.41, 5.74) is 5.29. The summed E-state index contributed by atoms with van der Waals surface area (Å²) in [6, 6.07) is 0. The number of halogens is 1. The topological polar surface area (TPSA) is 149 Å². The van der Waals surface area contributed by atoms with E-state index in [0.29, 0.717) is 26.1 Å². The van der Waals surface area contributed by atoms with Gasteiger partial charge in [-0.1, -0.05) is 15.9 Å². The number of sulfone groups is 1. The molecule has 1 amide bonds. The van der Waals surface area contributed by atoms with Crippen LogP contribution in [0, 0.1) is 5.41 Å². The van der Waals surface area contributed by atoms with Gasteiger partial charge in [0.2, 0.25) is 0 Å². The number of nitrogens with zero attached hydrogens (tertiary/aromatic N) is 1. The maximum Gasteiger partial charge on any atom is 0.354 e. The molecule has 0 atom stereocenters. The average molecular weight is 552 g/mol. The molecular weight excluding hydrogens is 518 g/mol. The largest absolute Gasteiger partial charge is 0.461 e. The molecular formula is C21H34BrN3O7S. The van der Waals surface area contributed by atoms with Gasteiger partial charge in [-0.2, -0.15) is 0 Å². The summed E-state index contributed by atoms with van der Waals surface area (Å²) in [5.74, 6) is -1.40. The minimum absolute atomic E-state index is 0.000922. The van der Waals surface area contributed by atoms with Crippen LogP contribution in [-0.2, 0) is 33.6 Å². The number of nitrogens with one attached hydrogen (secondary N) is 1. The highest BCUT2D eigenvalue weighted by atomic mass is 79.9. The van der Waals surface area contributed by atoms with Gasteiger partial charge in [0.25, 0.3) is 5.91 Å². The first-order chi connectivity index (χ1) is 15.4. The van der Waals surface area contributed by atoms with Gasteiger partial charge in [0.15, 0.2) is 9.84 Å². The SMILES string of the molecule is CCOC(=O)C(N)=C1CCN(CC2(S(=O)(=O)C(C)(C)COCCOCCBr)CC2)C(=O)C1=N. The fraction of sp³-hybridized carbons (Fsp3) is 0.762. The molecule has 0 unspecified atom stereocenters. The second-order valence-electron chi connectivity index (χ2n) is 8.76. The molecule has 0 aromatic carbocycles. The Morgan fingerprint density at radius 1 is 1.24 bits per heavy atom. The number of likely N-dealkylation sites (tertiary alicyclic amines) is 1. The van der Waals surface area contributed by atoms with Gasteiger partial charge in [-0.15, -0.1) is 0 Å². The molecule has 0 aromatic heterocycles. The number of carbonyl (C=O) groups excluding carboxylic acids is 2. The van der Waals surface area contributed by atoms with Crippen LogP contribution in [0.3, 0.4) is 0 Å². The monoisotopic (exact) mass is 551 g/mol. The predicted molar refractivity (Wildman–Crippen MR) is 127 cm³/mol. The lowest BCUT2D eigenvalue weighted by molar-refractivity contribution is -0.138. The van der Waals surface area contributed by atoms with E-state index in [2.05, 4.69) is 15.9 Å². The molecule has 1 aliphatic carbocycles. The molecule has 2 aliphatic rings. The number of alkyl halides is 1. The Hall–Kier alpha value is -1.50. The van der Waals surface area contributed by atoms with Crippen LogP contribution in [0.5, 0.6) is 0 Å². The highest BCUT2D eigenvalue weighted by molar-refractivity contribution is 9.09. The van der Waals surface area contributed by atoms with Gasteiger partial charge in [-0.05, 0) is 40.0 Å². The van der Waals surface area contributed by atoms with E-state index in [1.165, 1.54) is 4.90 Å². The molecule has 0 bridgehead atoms. The summed E-state index contributed by atoms with van der Waals surface area (Å²) in [7, 11) is -3.66. The van der Waals surface area contributed by atoms with Crippen LogP contribution in [0.25, 0.3) is 0 Å². The molecule has 1 aliphatic heterocycles. The zero-order valence-electron chi connectivity index (χ0n) is 19.4. The van der Waals surface area contributed by atoms with Crippen LogP contribution in [0.4, 0.5) is 0 Å². The molecule has 12 heteroatoms. The van der Waals surface area contributed by atoms with Gasteiger partial charge in [0, 0.05) is 24.0 Å². The standard InChI is InChI=1S/C21H34BrN3O7S/c1-4-32-19(27)17(24)15-5-9-25(18(26)16(15)23)13-21(6-7-21)33(28,29)20(2,3)14-31-12-11-30-10-8-22/h23H,4-14,24H2,1-3H3. The average Bonchev–Trinajstić information content (AvgIpc) is 3.55. The molecule has 2 fully saturated rings. The van der Waals surface area contributed by atoms with Crippen molar-refractivity contribution in [2.45, 2.75) is 49.5 Å². The van der Waals surface area contributed by atoms with Crippen molar-refractivity contribution in [3.05, 3.63) is 11.3 Å². The zero-order valence-corrected chi connectivity index (χ0v) is 21.8. The number of carbonyl (C=O) groups is 2. The zero-order chi connectivity index (χ0) is 24.9. The number of piperidine rings is 1. The minimum atomic E-state index is -3.66. The van der Waals surface area contributed by atoms with Crippen molar-refractivity contribution >= 4 is 43.4 Å². The lowest BCUT2D eigenvalue weighted by Crippen LogP contribution is -2.53. The van der Waals surface area contributed by atoms with Crippen molar-refractivity contribution in [2.24, 2.45) is 5.73 Å². The van der Waals surface area contributed by atoms with Crippen LogP contribution in [0.2, 0.25) is 0 Å². The number of esters is 1. The molecule has 1 saturated heterocycles. The first kappa shape index (κ1) is 27.7. The van der Waals surface area contributed by atoms with Crippen molar-refractivity contribution in [3.8, 4) is 0 Å². The Bertz CT molecular complexity index is 898. The smallest absolute Gasteiger partial charge is 0.354 e. The molecule has 3 N–H and O–H groups in total. The Labute approximate surface area is 203 Å². The van der Waals surface area contributed by atoms with E-state index >= 15 is 0 Å². The maximum absolute atomic E-state index is 13.5. The number of rotatable bonds is 13. The Kier molecular flexibility index (Phi) is 9.49. The number of amides is 1. The number of hydrogen-bond donors (Lipinski definition) is 2. The Balaban J connectivity index is 2.05. The maximum atomic E-state index is 13.5. The van der Waals surface area contributed by atoms with E-state index in [-0.39, 0.29) is 50.6 Å². The normalized spacial score (nSPS) is 20.1. The summed E-state index contributed by atoms with van der Waals surface area (Å²) >= 11 is 3.26. The molecule has 0 aromatic rings. The Morgan fingerprint density at radius 2 is 1.88 bits per heavy atom. The molecule has 0 radical (unpaired) electrons. The molecule has 0 spiro atoms. The quantitative estimate of drug-likeness (QED) is 0.150. The van der Waals surface area contributed by atoms with Crippen LogP contribution < -0.4 is 5.73 Å². The van der Waals surface area contributed by atoms with E-state index in [1.54, 1.807) is 20.8 Å². The number of hydrogen-bond acceptors (Lipinski definition) is 9. The second kappa shape index (κ2) is 11.3. The van der Waals surface area contributed by atoms with E-state index < -0.39 is 36.9 Å². The first-order valence-corrected chi connectivity index (χ1v) is 13.5. The van der Waals surface area contributed by atoms with E-state index in [4.69, 9.17) is 25.4 Å². The van der Waals surface area contributed by atoms with Gasteiger partial charge in [0.1, 0.15) is 11.4 Å². The fourth-order valence-electron chi connectivity index (χ4n) is 3.77. The van der Waals surface area contributed by atoms with E-state index in [1.807, 2.05) is 0 Å². The molecule has 188 valence electrons. The molecule has 1 heterocycles. The van der Waals surface area contributed by atoms with Crippen LogP contribution in [0.15, 0.2) is 11.3 Å². The minimum Gasteiger partial charge on any atom is -0.461 e. The summed E-state index contributed by atoms with van der Waals surface area (Å²) in [6.07, 6.45) is 1.07. The van der Waals surface area contributed by atoms with Gasteiger partial charge < -0.3 is 24.8 Å². The van der Waals surface area contributed by atoms with Gasteiger partial charge in [-0.3, -0.25) is 10.2 Å². The molecule has 1 saturated carbocycles. The van der Waals surface area contributed by atoms with Crippen molar-refractivity contribution in [1.82, 2.24) is 4.90 Å². The fourth-order valence-corrected chi connectivity index (χ4v) is 6.37. The predicted octanol–water partition coefficient (Wildman–Crippen LogP) is 1.17. The summed E-state index contributed by atoms with van der Waals surface area (Å²) in [6.45, 7) is 6.43. The van der Waals surface area contributed by atoms with Crippen molar-refractivity contribution in [2.75, 3.05) is 51.5 Å². The number of ether oxygens (including phenoxy) is 3. The highest BCUT2D eigenvalue weighted by Crippen LogP contribution is 2.49. The van der Waals surface area contributed by atoms with Gasteiger partial charge in [-0.25, -0.2) is 13.2 Å². The molecule has 10 nitrogen and oxygen atoms in total. The van der Waals surface area contributed by atoms with Crippen molar-refractivity contribution < 1.29 is 32.2 Å². The first-order valence-electron chi connectivity index (χ1n) is 10.9. The van der Waals surface area contributed by atoms with Crippen molar-refractivity contribution in [3.63, 3.8) is 0 Å². The number of nitrogens with two attached hydrogens (primary N) is 1. The van der Waals surface area contributed by atoms with E-state index in [0.717, 1.165) is 5.33 Å². The van der Waals surface area contributed by atoms with E-state index in [9.17, 15) is 18.0 Å². The molecule has 2 rings (SSSR count). The summed E-state index contributed by atoms with van der Waals surface area (Å²) in [5, 5.41) is 8.90. The van der Waals surface area contributed by atoms with Crippen LogP contribution >= 0.6 is 15.9 Å². The third-order valence-corrected chi connectivity index (χ3v) is 9.46. The summed E-state index contributed by atoms with van der Waals surface area (Å²) in [4.78, 5) is 26.1. The lowest BCUT2D eigenvalue weighted by Gasteiger charge is -2.35. The van der Waals surface area contributed by atoms with Crippen LogP contribution in [-0.4, -0.2) is 91.9 Å². The lowest BCUT2D eigenvalue weighted by atomic mass is 9.98.